The van der Waals surface area contributed by atoms with Crippen molar-refractivity contribution in [2.75, 3.05) is 0 Å². The van der Waals surface area contributed by atoms with Crippen LogP contribution in [-0.4, -0.2) is 8.32 Å². The first-order chi connectivity index (χ1) is 7.31. The van der Waals surface area contributed by atoms with Crippen molar-refractivity contribution in [1.29, 1.82) is 5.26 Å². The fourth-order valence-electron chi connectivity index (χ4n) is 1.25. The molecule has 1 atom stereocenters. The van der Waals surface area contributed by atoms with E-state index >= 15 is 0 Å². The summed E-state index contributed by atoms with van der Waals surface area (Å²) in [5.74, 6) is -1.40. The predicted octanol–water partition coefficient (Wildman–Crippen LogP) is 3.38. The zero-order chi connectivity index (χ0) is 12.3. The second-order valence-electron chi connectivity index (χ2n) is 4.44. The van der Waals surface area contributed by atoms with Gasteiger partial charge in [-0.2, -0.15) is 5.26 Å². The smallest absolute Gasteiger partial charge is 0.186 e. The molecule has 0 aliphatic heterocycles. The minimum absolute atomic E-state index is 0.224. The number of nitrogens with zero attached hydrogens (tertiary/aromatic N) is 1. The normalized spacial score (nSPS) is 13.2. The Labute approximate surface area is 94.6 Å². The van der Waals surface area contributed by atoms with Gasteiger partial charge in [-0.3, -0.25) is 0 Å². The summed E-state index contributed by atoms with van der Waals surface area (Å²) >= 11 is 0. The number of hydrogen-bond acceptors (Lipinski definition) is 2. The third-order valence-electron chi connectivity index (χ3n) is 1.78. The van der Waals surface area contributed by atoms with Gasteiger partial charge in [-0.25, -0.2) is 8.78 Å². The molecule has 0 N–H and O–H groups in total. The van der Waals surface area contributed by atoms with Crippen LogP contribution in [0.5, 0.6) is 0 Å². The first kappa shape index (κ1) is 12.8. The van der Waals surface area contributed by atoms with Crippen LogP contribution >= 0.6 is 0 Å². The molecule has 2 nitrogen and oxygen atoms in total. The molecule has 0 aromatic heterocycles. The molecule has 0 radical (unpaired) electrons. The molecule has 0 heterocycles. The van der Waals surface area contributed by atoms with Crippen LogP contribution in [0.1, 0.15) is 11.7 Å². The Morgan fingerprint density at radius 2 is 1.69 bits per heavy atom. The molecule has 0 bridgehead atoms. The Morgan fingerprint density at radius 3 is 2.06 bits per heavy atom. The number of nitriles is 1. The van der Waals surface area contributed by atoms with Crippen molar-refractivity contribution >= 4 is 8.32 Å². The van der Waals surface area contributed by atoms with Crippen LogP contribution in [0.2, 0.25) is 19.6 Å². The lowest BCUT2D eigenvalue weighted by Gasteiger charge is -2.21. The second-order valence-corrected chi connectivity index (χ2v) is 8.90. The summed E-state index contributed by atoms with van der Waals surface area (Å²) in [4.78, 5) is 0. The summed E-state index contributed by atoms with van der Waals surface area (Å²) in [7, 11) is -1.93. The lowest BCUT2D eigenvalue weighted by atomic mass is 10.1. The lowest BCUT2D eigenvalue weighted by Crippen LogP contribution is -2.27. The van der Waals surface area contributed by atoms with Gasteiger partial charge in [0.25, 0.3) is 0 Å². The van der Waals surface area contributed by atoms with Gasteiger partial charge in [-0.1, -0.05) is 0 Å². The largest absolute Gasteiger partial charge is 0.399 e. The van der Waals surface area contributed by atoms with Gasteiger partial charge in [0, 0.05) is 6.07 Å². The Hall–Kier alpha value is -1.25. The number of rotatable bonds is 3. The summed E-state index contributed by atoms with van der Waals surface area (Å²) in [5, 5.41) is 8.93. The van der Waals surface area contributed by atoms with Gasteiger partial charge >= 0.3 is 0 Å². The monoisotopic (exact) mass is 241 g/mol. The van der Waals surface area contributed by atoms with Crippen LogP contribution in [0.15, 0.2) is 18.2 Å². The van der Waals surface area contributed by atoms with Crippen molar-refractivity contribution < 1.29 is 13.2 Å². The highest BCUT2D eigenvalue weighted by atomic mass is 28.4. The second kappa shape index (κ2) is 4.72. The molecule has 0 spiro atoms. The maximum atomic E-state index is 13.0. The van der Waals surface area contributed by atoms with E-state index in [-0.39, 0.29) is 5.56 Å². The molecule has 1 rings (SSSR count). The van der Waals surface area contributed by atoms with Crippen LogP contribution in [0.25, 0.3) is 0 Å². The fraction of sp³-hybridized carbons (Fsp3) is 0.364. The molecule has 5 heteroatoms. The third-order valence-corrected chi connectivity index (χ3v) is 2.72. The molecule has 0 amide bonds. The Balaban J connectivity index is 3.01. The Bertz CT molecular complexity index is 403. The molecule has 0 saturated carbocycles. The van der Waals surface area contributed by atoms with Crippen LogP contribution in [-0.2, 0) is 4.43 Å². The minimum atomic E-state index is -1.93. The average Bonchev–Trinajstić information content (AvgIpc) is 2.11. The minimum Gasteiger partial charge on any atom is -0.399 e. The van der Waals surface area contributed by atoms with Gasteiger partial charge in [-0.05, 0) is 37.3 Å². The van der Waals surface area contributed by atoms with Gasteiger partial charge in [0.2, 0.25) is 0 Å². The zero-order valence-corrected chi connectivity index (χ0v) is 10.4. The topological polar surface area (TPSA) is 33.0 Å². The van der Waals surface area contributed by atoms with Crippen molar-refractivity contribution in [3.05, 3.63) is 35.4 Å². The van der Waals surface area contributed by atoms with Crippen LogP contribution in [0.4, 0.5) is 8.78 Å². The molecular formula is C11H13F2NOSi. The van der Waals surface area contributed by atoms with E-state index in [9.17, 15) is 8.78 Å². The lowest BCUT2D eigenvalue weighted by molar-refractivity contribution is 0.254. The van der Waals surface area contributed by atoms with Crippen LogP contribution in [0, 0.1) is 23.0 Å². The highest BCUT2D eigenvalue weighted by Crippen LogP contribution is 2.23. The summed E-state index contributed by atoms with van der Waals surface area (Å²) in [5.41, 5.74) is 0.224. The highest BCUT2D eigenvalue weighted by molar-refractivity contribution is 6.69. The summed E-state index contributed by atoms with van der Waals surface area (Å²) in [6.45, 7) is 5.73. The molecule has 1 unspecified atom stereocenters. The van der Waals surface area contributed by atoms with Crippen LogP contribution < -0.4 is 0 Å². The van der Waals surface area contributed by atoms with E-state index in [1.807, 2.05) is 25.7 Å². The predicted molar refractivity (Wildman–Crippen MR) is 59.1 cm³/mol. The van der Waals surface area contributed by atoms with Gasteiger partial charge in [0.1, 0.15) is 11.6 Å². The fourth-order valence-corrected chi connectivity index (χ4v) is 2.14. The molecule has 0 fully saturated rings. The van der Waals surface area contributed by atoms with Crippen molar-refractivity contribution in [3.63, 3.8) is 0 Å². The van der Waals surface area contributed by atoms with E-state index in [1.165, 1.54) is 0 Å². The van der Waals surface area contributed by atoms with E-state index in [4.69, 9.17) is 9.69 Å². The molecule has 0 saturated heterocycles. The maximum absolute atomic E-state index is 13.0. The molecule has 0 aliphatic rings. The van der Waals surface area contributed by atoms with E-state index in [2.05, 4.69) is 0 Å². The van der Waals surface area contributed by atoms with Crippen molar-refractivity contribution in [2.24, 2.45) is 0 Å². The summed E-state index contributed by atoms with van der Waals surface area (Å²) in [6.07, 6.45) is -0.906. The van der Waals surface area contributed by atoms with Gasteiger partial charge in [-0.15, -0.1) is 0 Å². The number of halogens is 2. The van der Waals surface area contributed by atoms with E-state index in [1.54, 1.807) is 0 Å². The van der Waals surface area contributed by atoms with Gasteiger partial charge in [0.05, 0.1) is 6.07 Å². The van der Waals surface area contributed by atoms with Crippen molar-refractivity contribution in [2.45, 2.75) is 25.7 Å². The average molecular weight is 241 g/mol. The Morgan fingerprint density at radius 1 is 1.19 bits per heavy atom. The zero-order valence-electron chi connectivity index (χ0n) is 9.42. The molecule has 86 valence electrons. The molecular weight excluding hydrogens is 228 g/mol. The quantitative estimate of drug-likeness (QED) is 0.760. The first-order valence-corrected chi connectivity index (χ1v) is 8.26. The standard InChI is InChI=1S/C11H13F2NOSi/c1-16(2,3)15-11(7-14)8-4-9(12)6-10(13)5-8/h4-6,11H,1-3H3. The first-order valence-electron chi connectivity index (χ1n) is 4.85. The van der Waals surface area contributed by atoms with Crippen molar-refractivity contribution in [3.8, 4) is 6.07 Å². The molecule has 0 aliphatic carbocycles. The van der Waals surface area contributed by atoms with Crippen LogP contribution in [0.3, 0.4) is 0 Å². The number of benzene rings is 1. The van der Waals surface area contributed by atoms with Crippen molar-refractivity contribution in [1.82, 2.24) is 0 Å². The summed E-state index contributed by atoms with van der Waals surface area (Å²) < 4.78 is 31.5. The van der Waals surface area contributed by atoms with Gasteiger partial charge in [0.15, 0.2) is 14.4 Å². The van der Waals surface area contributed by atoms with E-state index < -0.39 is 26.1 Å². The molecule has 1 aromatic rings. The Kier molecular flexibility index (Phi) is 3.78. The third kappa shape index (κ3) is 3.72. The maximum Gasteiger partial charge on any atom is 0.186 e. The van der Waals surface area contributed by atoms with Gasteiger partial charge < -0.3 is 4.43 Å². The molecule has 16 heavy (non-hydrogen) atoms. The molecule has 1 aromatic carbocycles. The highest BCUT2D eigenvalue weighted by Gasteiger charge is 2.22. The number of hydrogen-bond donors (Lipinski definition) is 0. The van der Waals surface area contributed by atoms with E-state index in [0.29, 0.717) is 0 Å². The summed E-state index contributed by atoms with van der Waals surface area (Å²) in [6, 6.07) is 4.92. The van der Waals surface area contributed by atoms with E-state index in [0.717, 1.165) is 18.2 Å². The SMILES string of the molecule is C[Si](C)(C)OC(C#N)c1cc(F)cc(F)c1.